The molecule has 1 amide bonds. The zero-order chi connectivity index (χ0) is 25.7. The van der Waals surface area contributed by atoms with Crippen LogP contribution in [0.15, 0.2) is 42.0 Å². The van der Waals surface area contributed by atoms with Crippen LogP contribution in [0.1, 0.15) is 36.1 Å². The molecule has 35 heavy (non-hydrogen) atoms. The van der Waals surface area contributed by atoms with E-state index in [1.54, 1.807) is 50.6 Å². The maximum Gasteiger partial charge on any atom is 0.295 e. The van der Waals surface area contributed by atoms with Gasteiger partial charge in [0.2, 0.25) is 0 Å². The number of aryl methyl sites for hydroxylation is 1. The lowest BCUT2D eigenvalue weighted by Crippen LogP contribution is -2.35. The van der Waals surface area contributed by atoms with Crippen LogP contribution in [0.2, 0.25) is 0 Å². The maximum absolute atomic E-state index is 13.2. The number of ketones is 1. The van der Waals surface area contributed by atoms with E-state index in [0.717, 1.165) is 12.0 Å². The number of hydrogen-bond acceptors (Lipinski definition) is 7. The Morgan fingerprint density at radius 3 is 2.31 bits per heavy atom. The molecule has 0 aliphatic carbocycles. The van der Waals surface area contributed by atoms with E-state index in [2.05, 4.69) is 0 Å². The normalized spacial score (nSPS) is 17.2. The number of ether oxygens (including phenoxy) is 3. The Bertz CT molecular complexity index is 1120. The van der Waals surface area contributed by atoms with E-state index in [-0.39, 0.29) is 11.3 Å². The molecule has 2 aromatic rings. The topological polar surface area (TPSA) is 88.5 Å². The third-order valence-electron chi connectivity index (χ3n) is 5.96. The number of carbonyl (C=O) groups excluding carboxylic acids is 2. The molecule has 3 rings (SSSR count). The molecule has 8 nitrogen and oxygen atoms in total. The van der Waals surface area contributed by atoms with Crippen LogP contribution in [0.4, 0.5) is 0 Å². The van der Waals surface area contributed by atoms with Crippen LogP contribution in [0.25, 0.3) is 5.76 Å². The summed E-state index contributed by atoms with van der Waals surface area (Å²) in [5, 5.41) is 11.3. The van der Waals surface area contributed by atoms with Crippen molar-refractivity contribution in [1.82, 2.24) is 9.80 Å². The maximum atomic E-state index is 13.2. The van der Waals surface area contributed by atoms with Gasteiger partial charge in [0.1, 0.15) is 11.5 Å². The van der Waals surface area contributed by atoms with E-state index in [1.165, 1.54) is 4.90 Å². The van der Waals surface area contributed by atoms with Crippen molar-refractivity contribution < 1.29 is 28.9 Å². The SMILES string of the molecule is CCCOc1cc(C2/C(=C(/O)c3ccc(OC)c(C)c3)C(=O)C(=O)N2CCN(C)C)ccc1OC. The molecule has 1 aliphatic heterocycles. The van der Waals surface area contributed by atoms with Crippen LogP contribution in [-0.2, 0) is 9.59 Å². The third-order valence-corrected chi connectivity index (χ3v) is 5.96. The van der Waals surface area contributed by atoms with Gasteiger partial charge < -0.3 is 29.1 Å². The summed E-state index contributed by atoms with van der Waals surface area (Å²) in [4.78, 5) is 29.8. The summed E-state index contributed by atoms with van der Waals surface area (Å²) in [6.07, 6.45) is 0.811. The molecule has 1 saturated heterocycles. The zero-order valence-electron chi connectivity index (χ0n) is 21.3. The van der Waals surface area contributed by atoms with Gasteiger partial charge in [-0.25, -0.2) is 0 Å². The van der Waals surface area contributed by atoms with E-state index < -0.39 is 17.7 Å². The molecule has 188 valence electrons. The lowest BCUT2D eigenvalue weighted by molar-refractivity contribution is -0.140. The molecule has 1 aliphatic rings. The fraction of sp³-hybridized carbons (Fsp3) is 0.407. The highest BCUT2D eigenvalue weighted by atomic mass is 16.5. The van der Waals surface area contributed by atoms with Crippen LogP contribution in [0, 0.1) is 6.92 Å². The van der Waals surface area contributed by atoms with E-state index in [4.69, 9.17) is 14.2 Å². The minimum Gasteiger partial charge on any atom is -0.507 e. The Morgan fingerprint density at radius 1 is 1.03 bits per heavy atom. The molecule has 1 fully saturated rings. The summed E-state index contributed by atoms with van der Waals surface area (Å²) in [5.74, 6) is 0.154. The van der Waals surface area contributed by atoms with Crippen molar-refractivity contribution in [1.29, 1.82) is 0 Å². The predicted molar refractivity (Wildman–Crippen MR) is 134 cm³/mol. The lowest BCUT2D eigenvalue weighted by Gasteiger charge is -2.27. The van der Waals surface area contributed by atoms with Crippen molar-refractivity contribution in [3.63, 3.8) is 0 Å². The van der Waals surface area contributed by atoms with Crippen molar-refractivity contribution >= 4 is 17.4 Å². The average Bonchev–Trinajstić information content (AvgIpc) is 3.10. The minimum absolute atomic E-state index is 0.0462. The molecule has 0 radical (unpaired) electrons. The monoisotopic (exact) mass is 482 g/mol. The first-order chi connectivity index (χ1) is 16.7. The molecule has 2 aromatic carbocycles. The number of benzene rings is 2. The highest BCUT2D eigenvalue weighted by molar-refractivity contribution is 6.46. The van der Waals surface area contributed by atoms with Crippen LogP contribution in [-0.4, -0.2) is 74.6 Å². The minimum atomic E-state index is -0.771. The fourth-order valence-corrected chi connectivity index (χ4v) is 4.13. The number of amides is 1. The molecule has 1 atom stereocenters. The van der Waals surface area contributed by atoms with Crippen molar-refractivity contribution in [3.05, 3.63) is 58.7 Å². The molecule has 1 N–H and O–H groups in total. The van der Waals surface area contributed by atoms with Gasteiger partial charge in [-0.05, 0) is 68.9 Å². The Morgan fingerprint density at radius 2 is 1.71 bits per heavy atom. The highest BCUT2D eigenvalue weighted by Gasteiger charge is 2.46. The van der Waals surface area contributed by atoms with Gasteiger partial charge in [0.25, 0.3) is 11.7 Å². The van der Waals surface area contributed by atoms with Gasteiger partial charge >= 0.3 is 0 Å². The van der Waals surface area contributed by atoms with Gasteiger partial charge in [0.15, 0.2) is 11.5 Å². The first-order valence-electron chi connectivity index (χ1n) is 11.6. The second-order valence-electron chi connectivity index (χ2n) is 8.74. The van der Waals surface area contributed by atoms with Crippen molar-refractivity contribution in [2.75, 3.05) is 48.0 Å². The number of methoxy groups -OCH3 is 2. The smallest absolute Gasteiger partial charge is 0.295 e. The standard InChI is InChI=1S/C27H34N2O6/c1-7-14-35-22-16-18(8-11-21(22)34-6)24-23(26(31)27(32)29(24)13-12-28(3)4)25(30)19-9-10-20(33-5)17(2)15-19/h8-11,15-16,24,30H,7,12-14H2,1-6H3/b25-23-. The first-order valence-corrected chi connectivity index (χ1v) is 11.6. The molecule has 1 heterocycles. The van der Waals surface area contributed by atoms with Gasteiger partial charge in [-0.3, -0.25) is 9.59 Å². The first kappa shape index (κ1) is 26.1. The third kappa shape index (κ3) is 5.43. The molecule has 0 aromatic heterocycles. The number of likely N-dealkylation sites (N-methyl/N-ethyl adjacent to an activating group) is 1. The van der Waals surface area contributed by atoms with Crippen LogP contribution in [0.3, 0.4) is 0 Å². The summed E-state index contributed by atoms with van der Waals surface area (Å²) < 4.78 is 16.6. The molecular formula is C27H34N2O6. The number of carbonyl (C=O) groups is 2. The Balaban J connectivity index is 2.18. The van der Waals surface area contributed by atoms with Crippen LogP contribution < -0.4 is 14.2 Å². The van der Waals surface area contributed by atoms with Crippen molar-refractivity contribution in [2.24, 2.45) is 0 Å². The number of likely N-dealkylation sites (tertiary alicyclic amines) is 1. The summed E-state index contributed by atoms with van der Waals surface area (Å²) >= 11 is 0. The van der Waals surface area contributed by atoms with Crippen LogP contribution in [0.5, 0.6) is 17.2 Å². The van der Waals surface area contributed by atoms with Gasteiger partial charge in [-0.2, -0.15) is 0 Å². The summed E-state index contributed by atoms with van der Waals surface area (Å²) in [6, 6.07) is 9.70. The van der Waals surface area contributed by atoms with E-state index in [0.29, 0.717) is 48.1 Å². The van der Waals surface area contributed by atoms with Gasteiger partial charge in [-0.15, -0.1) is 0 Å². The average molecular weight is 483 g/mol. The number of nitrogens with zero attached hydrogens (tertiary/aromatic N) is 2. The predicted octanol–water partition coefficient (Wildman–Crippen LogP) is 3.78. The zero-order valence-corrected chi connectivity index (χ0v) is 21.3. The van der Waals surface area contributed by atoms with E-state index >= 15 is 0 Å². The number of aliphatic hydroxyl groups excluding tert-OH is 1. The number of aliphatic hydroxyl groups is 1. The Labute approximate surface area is 206 Å². The fourth-order valence-electron chi connectivity index (χ4n) is 4.13. The quantitative estimate of drug-likeness (QED) is 0.313. The Hall–Kier alpha value is -3.52. The summed E-state index contributed by atoms with van der Waals surface area (Å²) in [7, 11) is 6.93. The number of rotatable bonds is 10. The largest absolute Gasteiger partial charge is 0.507 e. The molecule has 8 heteroatoms. The number of Topliss-reactive ketones (excluding diaryl/α,β-unsaturated/α-hetero) is 1. The summed E-state index contributed by atoms with van der Waals surface area (Å²) in [5.41, 5.74) is 1.94. The molecule has 0 bridgehead atoms. The molecular weight excluding hydrogens is 448 g/mol. The van der Waals surface area contributed by atoms with E-state index in [1.807, 2.05) is 32.8 Å². The second-order valence-corrected chi connectivity index (χ2v) is 8.74. The van der Waals surface area contributed by atoms with Crippen LogP contribution >= 0.6 is 0 Å². The summed E-state index contributed by atoms with van der Waals surface area (Å²) in [6.45, 7) is 5.22. The number of hydrogen-bond donors (Lipinski definition) is 1. The molecule has 0 saturated carbocycles. The van der Waals surface area contributed by atoms with Crippen molar-refractivity contribution in [2.45, 2.75) is 26.3 Å². The van der Waals surface area contributed by atoms with Crippen molar-refractivity contribution in [3.8, 4) is 17.2 Å². The van der Waals surface area contributed by atoms with E-state index in [9.17, 15) is 14.7 Å². The highest BCUT2D eigenvalue weighted by Crippen LogP contribution is 2.42. The Kier molecular flexibility index (Phi) is 8.40. The molecule has 1 unspecified atom stereocenters. The second kappa shape index (κ2) is 11.3. The van der Waals surface area contributed by atoms with Gasteiger partial charge in [0.05, 0.1) is 32.4 Å². The van der Waals surface area contributed by atoms with Gasteiger partial charge in [-0.1, -0.05) is 13.0 Å². The lowest BCUT2D eigenvalue weighted by atomic mass is 9.94. The van der Waals surface area contributed by atoms with Gasteiger partial charge in [0, 0.05) is 18.7 Å². The molecule has 0 spiro atoms.